The molecule has 0 aliphatic rings. The molecule has 0 saturated heterocycles. The SMILES string of the molecule is C=C[C@H](N)c1cc(C)ccc1OC. The molecule has 1 aromatic carbocycles. The van der Waals surface area contributed by atoms with Crippen LogP contribution in [0.1, 0.15) is 17.2 Å². The van der Waals surface area contributed by atoms with E-state index in [1.807, 2.05) is 25.1 Å². The number of hydrogen-bond donors (Lipinski definition) is 1. The van der Waals surface area contributed by atoms with Gasteiger partial charge in [0, 0.05) is 5.56 Å². The summed E-state index contributed by atoms with van der Waals surface area (Å²) in [7, 11) is 1.64. The molecule has 1 atom stereocenters. The smallest absolute Gasteiger partial charge is 0.123 e. The first-order chi connectivity index (χ1) is 6.19. The van der Waals surface area contributed by atoms with Crippen LogP contribution in [0.3, 0.4) is 0 Å². The quantitative estimate of drug-likeness (QED) is 0.718. The molecule has 0 unspecified atom stereocenters. The van der Waals surface area contributed by atoms with E-state index in [4.69, 9.17) is 10.5 Å². The van der Waals surface area contributed by atoms with E-state index in [0.29, 0.717) is 0 Å². The van der Waals surface area contributed by atoms with Crippen molar-refractivity contribution in [2.75, 3.05) is 7.11 Å². The van der Waals surface area contributed by atoms with Crippen LogP contribution in [0, 0.1) is 6.92 Å². The van der Waals surface area contributed by atoms with Crippen molar-refractivity contribution in [2.24, 2.45) is 5.73 Å². The summed E-state index contributed by atoms with van der Waals surface area (Å²) in [6.07, 6.45) is 1.71. The molecule has 0 aliphatic carbocycles. The van der Waals surface area contributed by atoms with E-state index in [1.54, 1.807) is 13.2 Å². The third-order valence-corrected chi connectivity index (χ3v) is 2.00. The van der Waals surface area contributed by atoms with Gasteiger partial charge in [-0.25, -0.2) is 0 Å². The summed E-state index contributed by atoms with van der Waals surface area (Å²) in [5.74, 6) is 0.818. The Morgan fingerprint density at radius 3 is 2.77 bits per heavy atom. The van der Waals surface area contributed by atoms with Crippen LogP contribution in [-0.4, -0.2) is 7.11 Å². The molecule has 0 aromatic heterocycles. The molecule has 70 valence electrons. The van der Waals surface area contributed by atoms with Crippen molar-refractivity contribution in [3.8, 4) is 5.75 Å². The van der Waals surface area contributed by atoms with Crippen molar-refractivity contribution in [3.05, 3.63) is 42.0 Å². The lowest BCUT2D eigenvalue weighted by atomic mass is 10.0. The predicted molar refractivity (Wildman–Crippen MR) is 54.9 cm³/mol. The second-order valence-corrected chi connectivity index (χ2v) is 3.01. The Morgan fingerprint density at radius 2 is 2.23 bits per heavy atom. The fraction of sp³-hybridized carbons (Fsp3) is 0.273. The monoisotopic (exact) mass is 177 g/mol. The van der Waals surface area contributed by atoms with E-state index in [0.717, 1.165) is 11.3 Å². The van der Waals surface area contributed by atoms with Crippen molar-refractivity contribution >= 4 is 0 Å². The van der Waals surface area contributed by atoms with Gasteiger partial charge in [-0.3, -0.25) is 0 Å². The second kappa shape index (κ2) is 4.10. The van der Waals surface area contributed by atoms with Crippen LogP contribution in [0.25, 0.3) is 0 Å². The largest absolute Gasteiger partial charge is 0.496 e. The molecule has 1 aromatic rings. The Balaban J connectivity index is 3.14. The fourth-order valence-corrected chi connectivity index (χ4v) is 1.24. The number of hydrogen-bond acceptors (Lipinski definition) is 2. The van der Waals surface area contributed by atoms with Gasteiger partial charge in [-0.1, -0.05) is 23.8 Å². The Kier molecular flexibility index (Phi) is 3.09. The van der Waals surface area contributed by atoms with E-state index in [1.165, 1.54) is 5.56 Å². The van der Waals surface area contributed by atoms with E-state index >= 15 is 0 Å². The second-order valence-electron chi connectivity index (χ2n) is 3.01. The summed E-state index contributed by atoms with van der Waals surface area (Å²) in [5, 5.41) is 0. The standard InChI is InChI=1S/C11H15NO/c1-4-10(12)9-7-8(2)5-6-11(9)13-3/h4-7,10H,1,12H2,2-3H3/t10-/m0/s1. The normalized spacial score (nSPS) is 12.2. The minimum absolute atomic E-state index is 0.158. The first kappa shape index (κ1) is 9.81. The average Bonchev–Trinajstić information content (AvgIpc) is 2.16. The Labute approximate surface area is 79.0 Å². The van der Waals surface area contributed by atoms with Gasteiger partial charge in [0.05, 0.1) is 13.2 Å². The van der Waals surface area contributed by atoms with Crippen LogP contribution in [0.15, 0.2) is 30.9 Å². The number of nitrogens with two attached hydrogens (primary N) is 1. The summed E-state index contributed by atoms with van der Waals surface area (Å²) in [6.45, 7) is 5.69. The number of ether oxygens (including phenoxy) is 1. The van der Waals surface area contributed by atoms with Crippen LogP contribution >= 0.6 is 0 Å². The molecule has 0 fully saturated rings. The van der Waals surface area contributed by atoms with Crippen molar-refractivity contribution < 1.29 is 4.74 Å². The molecule has 1 rings (SSSR count). The van der Waals surface area contributed by atoms with Gasteiger partial charge < -0.3 is 10.5 Å². The molecular formula is C11H15NO. The lowest BCUT2D eigenvalue weighted by Gasteiger charge is -2.12. The van der Waals surface area contributed by atoms with Gasteiger partial charge in [0.15, 0.2) is 0 Å². The fourth-order valence-electron chi connectivity index (χ4n) is 1.24. The Bertz CT molecular complexity index is 307. The van der Waals surface area contributed by atoms with Gasteiger partial charge in [0.2, 0.25) is 0 Å². The van der Waals surface area contributed by atoms with E-state index < -0.39 is 0 Å². The topological polar surface area (TPSA) is 35.2 Å². The van der Waals surface area contributed by atoms with Gasteiger partial charge in [-0.05, 0) is 13.0 Å². The Morgan fingerprint density at radius 1 is 1.54 bits per heavy atom. The third kappa shape index (κ3) is 2.10. The maximum Gasteiger partial charge on any atom is 0.123 e. The molecule has 2 heteroatoms. The highest BCUT2D eigenvalue weighted by atomic mass is 16.5. The van der Waals surface area contributed by atoms with Crippen LogP contribution in [0.2, 0.25) is 0 Å². The predicted octanol–water partition coefficient (Wildman–Crippen LogP) is 2.19. The summed E-state index contributed by atoms with van der Waals surface area (Å²) in [6, 6.07) is 5.78. The van der Waals surface area contributed by atoms with Crippen LogP contribution < -0.4 is 10.5 Å². The van der Waals surface area contributed by atoms with Crippen LogP contribution in [0.4, 0.5) is 0 Å². The van der Waals surface area contributed by atoms with Crippen molar-refractivity contribution in [3.63, 3.8) is 0 Å². The highest BCUT2D eigenvalue weighted by Gasteiger charge is 2.07. The summed E-state index contributed by atoms with van der Waals surface area (Å²) >= 11 is 0. The molecule has 0 radical (unpaired) electrons. The van der Waals surface area contributed by atoms with E-state index in [-0.39, 0.29) is 6.04 Å². The van der Waals surface area contributed by atoms with E-state index in [2.05, 4.69) is 6.58 Å². The maximum atomic E-state index is 5.84. The van der Waals surface area contributed by atoms with Gasteiger partial charge in [-0.2, -0.15) is 0 Å². The molecule has 0 amide bonds. The molecule has 0 saturated carbocycles. The average molecular weight is 177 g/mol. The molecule has 0 bridgehead atoms. The molecule has 2 N–H and O–H groups in total. The lowest BCUT2D eigenvalue weighted by molar-refractivity contribution is 0.408. The lowest BCUT2D eigenvalue weighted by Crippen LogP contribution is -2.08. The molecular weight excluding hydrogens is 162 g/mol. The number of rotatable bonds is 3. The van der Waals surface area contributed by atoms with Crippen LogP contribution in [0.5, 0.6) is 5.75 Å². The zero-order chi connectivity index (χ0) is 9.84. The molecule has 0 spiro atoms. The highest BCUT2D eigenvalue weighted by molar-refractivity contribution is 5.40. The summed E-state index contributed by atoms with van der Waals surface area (Å²) in [5.41, 5.74) is 8.00. The van der Waals surface area contributed by atoms with Gasteiger partial charge >= 0.3 is 0 Å². The first-order valence-corrected chi connectivity index (χ1v) is 4.21. The molecule has 0 heterocycles. The number of methoxy groups -OCH3 is 1. The van der Waals surface area contributed by atoms with Gasteiger partial charge in [0.25, 0.3) is 0 Å². The molecule has 0 aliphatic heterocycles. The van der Waals surface area contributed by atoms with E-state index in [9.17, 15) is 0 Å². The van der Waals surface area contributed by atoms with Gasteiger partial charge in [-0.15, -0.1) is 6.58 Å². The zero-order valence-electron chi connectivity index (χ0n) is 8.08. The Hall–Kier alpha value is -1.28. The summed E-state index contributed by atoms with van der Waals surface area (Å²) in [4.78, 5) is 0. The van der Waals surface area contributed by atoms with Gasteiger partial charge in [0.1, 0.15) is 5.75 Å². The molecule has 2 nitrogen and oxygen atoms in total. The zero-order valence-corrected chi connectivity index (χ0v) is 8.08. The van der Waals surface area contributed by atoms with Crippen molar-refractivity contribution in [1.29, 1.82) is 0 Å². The third-order valence-electron chi connectivity index (χ3n) is 2.00. The van der Waals surface area contributed by atoms with Crippen LogP contribution in [-0.2, 0) is 0 Å². The number of benzene rings is 1. The van der Waals surface area contributed by atoms with Crippen molar-refractivity contribution in [2.45, 2.75) is 13.0 Å². The highest BCUT2D eigenvalue weighted by Crippen LogP contribution is 2.25. The summed E-state index contributed by atoms with van der Waals surface area (Å²) < 4.78 is 5.20. The molecule has 13 heavy (non-hydrogen) atoms. The van der Waals surface area contributed by atoms with Crippen molar-refractivity contribution in [1.82, 2.24) is 0 Å². The minimum Gasteiger partial charge on any atom is -0.496 e. The maximum absolute atomic E-state index is 5.84. The number of aryl methyl sites for hydroxylation is 1. The first-order valence-electron chi connectivity index (χ1n) is 4.21. The minimum atomic E-state index is -0.158.